The lowest BCUT2D eigenvalue weighted by Crippen LogP contribution is -2.29. The molecule has 0 fully saturated rings. The maximum absolute atomic E-state index is 12.9. The summed E-state index contributed by atoms with van der Waals surface area (Å²) in [5.41, 5.74) is 2.59. The maximum Gasteiger partial charge on any atom is 0.163 e. The summed E-state index contributed by atoms with van der Waals surface area (Å²) in [5.74, 6) is 0.549. The van der Waals surface area contributed by atoms with E-state index in [9.17, 15) is 4.39 Å². The first-order valence-electron chi connectivity index (χ1n) is 6.70. The molecule has 1 aromatic heterocycles. The zero-order chi connectivity index (χ0) is 14.7. The van der Waals surface area contributed by atoms with Crippen molar-refractivity contribution in [3.05, 3.63) is 59.5 Å². The van der Waals surface area contributed by atoms with E-state index in [2.05, 4.69) is 21.2 Å². The van der Waals surface area contributed by atoms with E-state index >= 15 is 0 Å². The van der Waals surface area contributed by atoms with Gasteiger partial charge >= 0.3 is 0 Å². The molecule has 2 aromatic rings. The number of aromatic nitrogens is 2. The van der Waals surface area contributed by atoms with Gasteiger partial charge in [-0.1, -0.05) is 18.2 Å². The Hall–Kier alpha value is -2.74. The first-order chi connectivity index (χ1) is 10.3. The van der Waals surface area contributed by atoms with Gasteiger partial charge in [-0.3, -0.25) is 0 Å². The van der Waals surface area contributed by atoms with Crippen LogP contribution in [0.25, 0.3) is 5.57 Å². The molecular formula is C16H13FN4. The van der Waals surface area contributed by atoms with Crippen molar-refractivity contribution >= 4 is 11.4 Å². The van der Waals surface area contributed by atoms with Crippen molar-refractivity contribution in [3.8, 4) is 6.07 Å². The van der Waals surface area contributed by atoms with E-state index in [-0.39, 0.29) is 5.82 Å². The second-order valence-electron chi connectivity index (χ2n) is 4.82. The zero-order valence-electron chi connectivity index (χ0n) is 11.3. The largest absolute Gasteiger partial charge is 0.351 e. The Labute approximate surface area is 122 Å². The third-order valence-corrected chi connectivity index (χ3v) is 3.51. The maximum atomic E-state index is 12.9. The van der Waals surface area contributed by atoms with Gasteiger partial charge in [0.25, 0.3) is 0 Å². The number of benzene rings is 1. The minimum absolute atomic E-state index is 0.218. The van der Waals surface area contributed by atoms with E-state index in [1.807, 2.05) is 12.1 Å². The molecule has 1 aromatic carbocycles. The summed E-state index contributed by atoms with van der Waals surface area (Å²) in [7, 11) is 0. The van der Waals surface area contributed by atoms with E-state index in [1.54, 1.807) is 18.2 Å². The van der Waals surface area contributed by atoms with E-state index in [0.29, 0.717) is 5.69 Å². The van der Waals surface area contributed by atoms with Crippen LogP contribution in [-0.2, 0) is 0 Å². The monoisotopic (exact) mass is 280 g/mol. The number of nitrogens with zero attached hydrogens (tertiary/aromatic N) is 4. The predicted molar refractivity (Wildman–Crippen MR) is 78.0 cm³/mol. The Balaban J connectivity index is 1.73. The molecule has 3 rings (SSSR count). The molecule has 2 heterocycles. The molecule has 0 radical (unpaired) electrons. The Kier molecular flexibility index (Phi) is 3.61. The zero-order valence-corrected chi connectivity index (χ0v) is 11.3. The van der Waals surface area contributed by atoms with Gasteiger partial charge in [-0.25, -0.2) is 4.39 Å². The van der Waals surface area contributed by atoms with Gasteiger partial charge in [-0.15, -0.1) is 10.2 Å². The van der Waals surface area contributed by atoms with Crippen LogP contribution in [-0.4, -0.2) is 23.3 Å². The standard InChI is InChI=1S/C16H13FN4/c17-14-3-1-12(2-4-14)13-7-9-21(10-8-13)16-6-5-15(11-18)19-20-16/h1-7H,8-10H2. The Morgan fingerprint density at radius 3 is 2.48 bits per heavy atom. The predicted octanol–water partition coefficient (Wildman–Crippen LogP) is 2.78. The topological polar surface area (TPSA) is 52.8 Å². The minimum Gasteiger partial charge on any atom is -0.351 e. The van der Waals surface area contributed by atoms with Gasteiger partial charge < -0.3 is 4.90 Å². The van der Waals surface area contributed by atoms with Crippen molar-refractivity contribution in [1.82, 2.24) is 10.2 Å². The fourth-order valence-electron chi connectivity index (χ4n) is 2.36. The summed E-state index contributed by atoms with van der Waals surface area (Å²) >= 11 is 0. The highest BCUT2D eigenvalue weighted by atomic mass is 19.1. The van der Waals surface area contributed by atoms with Gasteiger partial charge in [0.1, 0.15) is 11.9 Å². The van der Waals surface area contributed by atoms with Crippen molar-refractivity contribution in [3.63, 3.8) is 0 Å². The Bertz CT molecular complexity index is 699. The summed E-state index contributed by atoms with van der Waals surface area (Å²) in [6.45, 7) is 1.55. The fraction of sp³-hybridized carbons (Fsp3) is 0.188. The number of halogens is 1. The third kappa shape index (κ3) is 2.90. The molecule has 0 aliphatic carbocycles. The molecule has 21 heavy (non-hydrogen) atoms. The van der Waals surface area contributed by atoms with Crippen molar-refractivity contribution in [2.75, 3.05) is 18.0 Å². The Morgan fingerprint density at radius 1 is 1.10 bits per heavy atom. The summed E-state index contributed by atoms with van der Waals surface area (Å²) in [4.78, 5) is 2.10. The van der Waals surface area contributed by atoms with Crippen LogP contribution >= 0.6 is 0 Å². The van der Waals surface area contributed by atoms with E-state index in [4.69, 9.17) is 5.26 Å². The highest BCUT2D eigenvalue weighted by Gasteiger charge is 2.14. The van der Waals surface area contributed by atoms with Gasteiger partial charge in [0.15, 0.2) is 11.5 Å². The number of hydrogen-bond donors (Lipinski definition) is 0. The number of anilines is 1. The SMILES string of the molecule is N#Cc1ccc(N2CC=C(c3ccc(F)cc3)CC2)nn1. The lowest BCUT2D eigenvalue weighted by Gasteiger charge is -2.27. The summed E-state index contributed by atoms with van der Waals surface area (Å²) in [5, 5.41) is 16.6. The van der Waals surface area contributed by atoms with Crippen molar-refractivity contribution in [1.29, 1.82) is 5.26 Å². The van der Waals surface area contributed by atoms with Gasteiger partial charge in [0.2, 0.25) is 0 Å². The smallest absolute Gasteiger partial charge is 0.163 e. The number of nitriles is 1. The lowest BCUT2D eigenvalue weighted by molar-refractivity contribution is 0.627. The van der Waals surface area contributed by atoms with Crippen molar-refractivity contribution in [2.24, 2.45) is 0 Å². The summed E-state index contributed by atoms with van der Waals surface area (Å²) in [6.07, 6.45) is 2.99. The molecule has 5 heteroatoms. The highest BCUT2D eigenvalue weighted by molar-refractivity contribution is 5.68. The molecule has 0 atom stereocenters. The van der Waals surface area contributed by atoms with Crippen molar-refractivity contribution < 1.29 is 4.39 Å². The summed E-state index contributed by atoms with van der Waals surface area (Å²) < 4.78 is 12.9. The minimum atomic E-state index is -0.218. The molecule has 1 aliphatic heterocycles. The normalized spacial score (nSPS) is 14.5. The molecule has 0 amide bonds. The molecule has 104 valence electrons. The molecule has 0 N–H and O–H groups in total. The van der Waals surface area contributed by atoms with E-state index in [0.717, 1.165) is 30.9 Å². The molecule has 4 nitrogen and oxygen atoms in total. The first-order valence-corrected chi connectivity index (χ1v) is 6.70. The van der Waals surface area contributed by atoms with Crippen LogP contribution in [0, 0.1) is 17.1 Å². The molecule has 0 saturated heterocycles. The second kappa shape index (κ2) is 5.71. The van der Waals surface area contributed by atoms with Gasteiger partial charge in [0.05, 0.1) is 0 Å². The van der Waals surface area contributed by atoms with Crippen LogP contribution in [0.1, 0.15) is 17.7 Å². The quantitative estimate of drug-likeness (QED) is 0.848. The van der Waals surface area contributed by atoms with Crippen LogP contribution < -0.4 is 4.90 Å². The fourth-order valence-corrected chi connectivity index (χ4v) is 2.36. The molecular weight excluding hydrogens is 267 g/mol. The average Bonchev–Trinajstić information content (AvgIpc) is 2.56. The van der Waals surface area contributed by atoms with Crippen molar-refractivity contribution in [2.45, 2.75) is 6.42 Å². The molecule has 1 aliphatic rings. The van der Waals surface area contributed by atoms with Crippen LogP contribution in [0.3, 0.4) is 0 Å². The molecule has 0 spiro atoms. The van der Waals surface area contributed by atoms with Crippen LogP contribution in [0.4, 0.5) is 10.2 Å². The number of hydrogen-bond acceptors (Lipinski definition) is 4. The molecule has 0 unspecified atom stereocenters. The van der Waals surface area contributed by atoms with Gasteiger partial charge in [-0.2, -0.15) is 5.26 Å². The first kappa shape index (κ1) is 13.3. The van der Waals surface area contributed by atoms with Crippen LogP contribution in [0.2, 0.25) is 0 Å². The Morgan fingerprint density at radius 2 is 1.90 bits per heavy atom. The van der Waals surface area contributed by atoms with Gasteiger partial charge in [-0.05, 0) is 41.8 Å². The van der Waals surface area contributed by atoms with E-state index < -0.39 is 0 Å². The summed E-state index contributed by atoms with van der Waals surface area (Å²) in [6, 6.07) is 12.0. The van der Waals surface area contributed by atoms with Crippen LogP contribution in [0.5, 0.6) is 0 Å². The number of rotatable bonds is 2. The average molecular weight is 280 g/mol. The van der Waals surface area contributed by atoms with Crippen LogP contribution in [0.15, 0.2) is 42.5 Å². The third-order valence-electron chi connectivity index (χ3n) is 3.51. The molecule has 0 saturated carbocycles. The lowest BCUT2D eigenvalue weighted by atomic mass is 9.99. The second-order valence-corrected chi connectivity index (χ2v) is 4.82. The molecule has 0 bridgehead atoms. The highest BCUT2D eigenvalue weighted by Crippen LogP contribution is 2.24. The van der Waals surface area contributed by atoms with Gasteiger partial charge in [0, 0.05) is 13.1 Å². The van der Waals surface area contributed by atoms with E-state index in [1.165, 1.54) is 17.7 Å².